The summed E-state index contributed by atoms with van der Waals surface area (Å²) in [5.74, 6) is 1.19. The van der Waals surface area contributed by atoms with Crippen molar-refractivity contribution in [2.75, 3.05) is 13.1 Å². The molecule has 2 atom stereocenters. The Labute approximate surface area is 84.2 Å². The zero-order chi connectivity index (χ0) is 9.42. The number of likely N-dealkylation sites (tertiary alicyclic amines) is 1. The molecule has 0 aromatic heterocycles. The van der Waals surface area contributed by atoms with Crippen molar-refractivity contribution in [2.45, 2.75) is 31.6 Å². The third-order valence-corrected chi connectivity index (χ3v) is 3.69. The molecule has 1 aliphatic heterocycles. The second-order valence-electron chi connectivity index (χ2n) is 4.34. The van der Waals surface area contributed by atoms with Gasteiger partial charge in [0.15, 0.2) is 0 Å². The molecular formula is C10H16ClNO. The third kappa shape index (κ3) is 1.98. The number of hydrogen-bond donors (Lipinski definition) is 0. The number of rotatable bonds is 1. The van der Waals surface area contributed by atoms with Gasteiger partial charge in [-0.1, -0.05) is 6.92 Å². The molecule has 0 aromatic rings. The van der Waals surface area contributed by atoms with Crippen LogP contribution in [0.5, 0.6) is 0 Å². The molecule has 74 valence electrons. The van der Waals surface area contributed by atoms with Crippen LogP contribution in [0.2, 0.25) is 0 Å². The Balaban J connectivity index is 1.90. The summed E-state index contributed by atoms with van der Waals surface area (Å²) >= 11 is 6.09. The lowest BCUT2D eigenvalue weighted by atomic mass is 9.99. The van der Waals surface area contributed by atoms with Crippen molar-refractivity contribution in [1.82, 2.24) is 4.90 Å². The summed E-state index contributed by atoms with van der Waals surface area (Å²) in [7, 11) is 0. The molecule has 0 bridgehead atoms. The van der Waals surface area contributed by atoms with Crippen LogP contribution in [0.3, 0.4) is 0 Å². The van der Waals surface area contributed by atoms with Gasteiger partial charge in [0.1, 0.15) is 0 Å². The maximum atomic E-state index is 11.7. The molecule has 2 aliphatic rings. The molecule has 2 unspecified atom stereocenters. The van der Waals surface area contributed by atoms with E-state index in [0.29, 0.717) is 17.7 Å². The van der Waals surface area contributed by atoms with Crippen LogP contribution in [-0.2, 0) is 4.79 Å². The van der Waals surface area contributed by atoms with E-state index >= 15 is 0 Å². The topological polar surface area (TPSA) is 20.3 Å². The van der Waals surface area contributed by atoms with Crippen LogP contribution < -0.4 is 0 Å². The van der Waals surface area contributed by atoms with E-state index < -0.39 is 0 Å². The highest BCUT2D eigenvalue weighted by Gasteiger charge is 2.36. The summed E-state index contributed by atoms with van der Waals surface area (Å²) in [6.07, 6.45) is 3.17. The number of piperidine rings is 1. The summed E-state index contributed by atoms with van der Waals surface area (Å²) in [5, 5.41) is 0.267. The number of amides is 1. The van der Waals surface area contributed by atoms with Crippen LogP contribution in [0.1, 0.15) is 26.2 Å². The van der Waals surface area contributed by atoms with E-state index in [1.54, 1.807) is 0 Å². The largest absolute Gasteiger partial charge is 0.342 e. The van der Waals surface area contributed by atoms with Crippen molar-refractivity contribution in [3.63, 3.8) is 0 Å². The number of hydrogen-bond acceptors (Lipinski definition) is 1. The molecule has 1 aliphatic carbocycles. The van der Waals surface area contributed by atoms with E-state index in [1.165, 1.54) is 0 Å². The minimum atomic E-state index is 0.267. The number of halogens is 1. The van der Waals surface area contributed by atoms with E-state index in [9.17, 15) is 4.79 Å². The molecule has 3 heteroatoms. The summed E-state index contributed by atoms with van der Waals surface area (Å²) < 4.78 is 0. The lowest BCUT2D eigenvalue weighted by Gasteiger charge is -2.34. The fourth-order valence-corrected chi connectivity index (χ4v) is 2.08. The Kier molecular flexibility index (Phi) is 2.50. The van der Waals surface area contributed by atoms with Gasteiger partial charge in [-0.3, -0.25) is 4.79 Å². The van der Waals surface area contributed by atoms with Gasteiger partial charge in [-0.15, -0.1) is 11.6 Å². The van der Waals surface area contributed by atoms with Crippen molar-refractivity contribution in [3.8, 4) is 0 Å². The molecular weight excluding hydrogens is 186 g/mol. The fourth-order valence-electron chi connectivity index (χ4n) is 1.91. The molecule has 1 amide bonds. The first-order valence-corrected chi connectivity index (χ1v) is 5.55. The van der Waals surface area contributed by atoms with Gasteiger partial charge < -0.3 is 4.90 Å². The van der Waals surface area contributed by atoms with Gasteiger partial charge in [-0.25, -0.2) is 0 Å². The van der Waals surface area contributed by atoms with Gasteiger partial charge in [-0.05, 0) is 25.2 Å². The van der Waals surface area contributed by atoms with Crippen LogP contribution in [0.25, 0.3) is 0 Å². The number of alkyl halides is 1. The van der Waals surface area contributed by atoms with Gasteiger partial charge in [-0.2, -0.15) is 0 Å². The molecule has 1 heterocycles. The van der Waals surface area contributed by atoms with Gasteiger partial charge in [0.05, 0.1) is 0 Å². The quantitative estimate of drug-likeness (QED) is 0.594. The number of carbonyl (C=O) groups is 1. The zero-order valence-electron chi connectivity index (χ0n) is 8.00. The van der Waals surface area contributed by atoms with Crippen LogP contribution in [0.4, 0.5) is 0 Å². The van der Waals surface area contributed by atoms with Crippen LogP contribution in [0, 0.1) is 11.8 Å². The Hall–Kier alpha value is -0.240. The first-order valence-electron chi connectivity index (χ1n) is 5.11. The second-order valence-corrected chi connectivity index (χ2v) is 4.90. The molecule has 1 saturated heterocycles. The molecule has 13 heavy (non-hydrogen) atoms. The molecule has 0 aromatic carbocycles. The van der Waals surface area contributed by atoms with Crippen molar-refractivity contribution in [2.24, 2.45) is 11.8 Å². The van der Waals surface area contributed by atoms with Crippen LogP contribution in [-0.4, -0.2) is 29.3 Å². The summed E-state index contributed by atoms with van der Waals surface area (Å²) in [4.78, 5) is 13.7. The number of carbonyl (C=O) groups excluding carboxylic acids is 1. The SMILES string of the molecule is CC1CN(C(=O)C2CC2)CCC1Cl. The van der Waals surface area contributed by atoms with E-state index in [-0.39, 0.29) is 5.38 Å². The monoisotopic (exact) mass is 201 g/mol. The van der Waals surface area contributed by atoms with Crippen molar-refractivity contribution >= 4 is 17.5 Å². The molecule has 0 N–H and O–H groups in total. The van der Waals surface area contributed by atoms with Gasteiger partial charge in [0.25, 0.3) is 0 Å². The van der Waals surface area contributed by atoms with Crippen LogP contribution in [0.15, 0.2) is 0 Å². The molecule has 1 saturated carbocycles. The summed E-state index contributed by atoms with van der Waals surface area (Å²) in [6.45, 7) is 3.86. The smallest absolute Gasteiger partial charge is 0.225 e. The second kappa shape index (κ2) is 3.49. The van der Waals surface area contributed by atoms with Crippen molar-refractivity contribution in [1.29, 1.82) is 0 Å². The highest BCUT2D eigenvalue weighted by Crippen LogP contribution is 2.33. The highest BCUT2D eigenvalue weighted by molar-refractivity contribution is 6.20. The van der Waals surface area contributed by atoms with Gasteiger partial charge in [0.2, 0.25) is 5.91 Å². The Morgan fingerprint density at radius 2 is 2.08 bits per heavy atom. The average Bonchev–Trinajstić information content (AvgIpc) is 2.91. The predicted octanol–water partition coefficient (Wildman–Crippen LogP) is 1.87. The Morgan fingerprint density at radius 3 is 2.62 bits per heavy atom. The van der Waals surface area contributed by atoms with E-state index in [1.807, 2.05) is 4.90 Å². The first kappa shape index (κ1) is 9.32. The van der Waals surface area contributed by atoms with Crippen molar-refractivity contribution < 1.29 is 4.79 Å². The number of nitrogens with zero attached hydrogens (tertiary/aromatic N) is 1. The molecule has 2 fully saturated rings. The van der Waals surface area contributed by atoms with E-state index in [4.69, 9.17) is 11.6 Å². The third-order valence-electron chi connectivity index (χ3n) is 3.04. The maximum absolute atomic E-state index is 11.7. The summed E-state index contributed by atoms with van der Waals surface area (Å²) in [5.41, 5.74) is 0. The lowest BCUT2D eigenvalue weighted by molar-refractivity contribution is -0.134. The Bertz CT molecular complexity index is 215. The normalized spacial score (nSPS) is 34.8. The predicted molar refractivity (Wildman–Crippen MR) is 52.7 cm³/mol. The molecule has 2 nitrogen and oxygen atoms in total. The highest BCUT2D eigenvalue weighted by atomic mass is 35.5. The maximum Gasteiger partial charge on any atom is 0.225 e. The van der Waals surface area contributed by atoms with Gasteiger partial charge >= 0.3 is 0 Å². The van der Waals surface area contributed by atoms with E-state index in [0.717, 1.165) is 32.4 Å². The lowest BCUT2D eigenvalue weighted by Crippen LogP contribution is -2.44. The fraction of sp³-hybridized carbons (Fsp3) is 0.900. The first-order chi connectivity index (χ1) is 6.18. The average molecular weight is 202 g/mol. The van der Waals surface area contributed by atoms with Crippen molar-refractivity contribution in [3.05, 3.63) is 0 Å². The van der Waals surface area contributed by atoms with E-state index in [2.05, 4.69) is 6.92 Å². The summed E-state index contributed by atoms with van der Waals surface area (Å²) in [6, 6.07) is 0. The molecule has 2 rings (SSSR count). The minimum Gasteiger partial charge on any atom is -0.342 e. The zero-order valence-corrected chi connectivity index (χ0v) is 8.76. The molecule has 0 spiro atoms. The standard InChI is InChI=1S/C10H16ClNO/c1-7-6-12(5-4-9(7)11)10(13)8-2-3-8/h7-9H,2-6H2,1H3. The Morgan fingerprint density at radius 1 is 1.38 bits per heavy atom. The minimum absolute atomic E-state index is 0.267. The molecule has 0 radical (unpaired) electrons. The van der Waals surface area contributed by atoms with Crippen LogP contribution >= 0.6 is 11.6 Å². The van der Waals surface area contributed by atoms with Gasteiger partial charge in [0, 0.05) is 24.4 Å².